The summed E-state index contributed by atoms with van der Waals surface area (Å²) in [4.78, 5) is 35.5. The van der Waals surface area contributed by atoms with Crippen molar-refractivity contribution in [2.75, 3.05) is 11.1 Å². The van der Waals surface area contributed by atoms with Crippen molar-refractivity contribution < 1.29 is 19.1 Å². The Bertz CT molecular complexity index is 769. The number of carbonyl (C=O) groups is 3. The first kappa shape index (κ1) is 17.2. The summed E-state index contributed by atoms with van der Waals surface area (Å²) in [6.45, 7) is 2.91. The molecule has 0 aliphatic carbocycles. The number of ketones is 1. The van der Waals surface area contributed by atoms with Crippen LogP contribution in [0, 0.1) is 0 Å². The number of nitrogens with two attached hydrogens (primary N) is 1. The smallest absolute Gasteiger partial charge is 0.338 e. The predicted molar refractivity (Wildman–Crippen MR) is 90.8 cm³/mol. The average molecular weight is 326 g/mol. The molecule has 6 nitrogen and oxygen atoms in total. The van der Waals surface area contributed by atoms with Crippen LogP contribution in [0.25, 0.3) is 0 Å². The van der Waals surface area contributed by atoms with Crippen LogP contribution in [-0.4, -0.2) is 23.8 Å². The van der Waals surface area contributed by atoms with E-state index in [9.17, 15) is 14.4 Å². The summed E-state index contributed by atoms with van der Waals surface area (Å²) in [5.41, 5.74) is 7.34. The maximum Gasteiger partial charge on any atom is 0.338 e. The fourth-order valence-electron chi connectivity index (χ4n) is 1.96. The molecule has 2 rings (SSSR count). The van der Waals surface area contributed by atoms with E-state index in [-0.39, 0.29) is 5.78 Å². The van der Waals surface area contributed by atoms with Crippen LogP contribution in [0.1, 0.15) is 34.6 Å². The fraction of sp³-hybridized carbons (Fsp3) is 0.167. The van der Waals surface area contributed by atoms with Gasteiger partial charge in [0.25, 0.3) is 5.91 Å². The standard InChI is InChI=1S/C18H18N2O4/c1-11(21)14-4-3-5-16(10-14)20-17(22)12(2)24-18(23)13-6-8-15(19)9-7-13/h3-10,12H,19H2,1-2H3,(H,20,22)/t12-/m1/s1. The monoisotopic (exact) mass is 326 g/mol. The molecule has 2 aromatic carbocycles. The third kappa shape index (κ3) is 4.42. The van der Waals surface area contributed by atoms with E-state index in [4.69, 9.17) is 10.5 Å². The van der Waals surface area contributed by atoms with Crippen LogP contribution >= 0.6 is 0 Å². The number of ether oxygens (including phenoxy) is 1. The number of nitrogen functional groups attached to an aromatic ring is 1. The normalized spacial score (nSPS) is 11.4. The van der Waals surface area contributed by atoms with E-state index in [2.05, 4.69) is 5.32 Å². The third-order valence-corrected chi connectivity index (χ3v) is 3.34. The molecule has 0 bridgehead atoms. The van der Waals surface area contributed by atoms with Crippen molar-refractivity contribution in [2.24, 2.45) is 0 Å². The van der Waals surface area contributed by atoms with Gasteiger partial charge in [-0.1, -0.05) is 12.1 Å². The molecule has 0 fully saturated rings. The highest BCUT2D eigenvalue weighted by atomic mass is 16.5. The summed E-state index contributed by atoms with van der Waals surface area (Å²) in [6, 6.07) is 12.7. The second kappa shape index (κ2) is 7.41. The lowest BCUT2D eigenvalue weighted by atomic mass is 10.1. The zero-order valence-corrected chi connectivity index (χ0v) is 13.4. The quantitative estimate of drug-likeness (QED) is 0.500. The summed E-state index contributed by atoms with van der Waals surface area (Å²) >= 11 is 0. The number of anilines is 2. The number of carbonyl (C=O) groups excluding carboxylic acids is 3. The Labute approximate surface area is 139 Å². The molecule has 0 saturated heterocycles. The molecular weight excluding hydrogens is 308 g/mol. The molecule has 0 aliphatic heterocycles. The second-order valence-corrected chi connectivity index (χ2v) is 5.30. The van der Waals surface area contributed by atoms with Crippen molar-refractivity contribution in [2.45, 2.75) is 20.0 Å². The van der Waals surface area contributed by atoms with E-state index in [0.29, 0.717) is 22.5 Å². The Kier molecular flexibility index (Phi) is 5.31. The molecule has 0 aliphatic rings. The van der Waals surface area contributed by atoms with Gasteiger partial charge in [-0.05, 0) is 50.2 Å². The fourth-order valence-corrected chi connectivity index (χ4v) is 1.96. The van der Waals surface area contributed by atoms with Crippen LogP contribution in [0.2, 0.25) is 0 Å². The number of Topliss-reactive ketones (excluding diaryl/α,β-unsaturated/α-hetero) is 1. The first-order valence-corrected chi connectivity index (χ1v) is 7.35. The molecular formula is C18H18N2O4. The number of nitrogens with one attached hydrogen (secondary N) is 1. The number of amides is 1. The Morgan fingerprint density at radius 3 is 2.33 bits per heavy atom. The van der Waals surface area contributed by atoms with E-state index in [1.165, 1.54) is 26.0 Å². The van der Waals surface area contributed by atoms with Gasteiger partial charge < -0.3 is 15.8 Å². The van der Waals surface area contributed by atoms with Crippen LogP contribution in [0.4, 0.5) is 11.4 Å². The molecule has 1 amide bonds. The SMILES string of the molecule is CC(=O)c1cccc(NC(=O)[C@@H](C)OC(=O)c2ccc(N)cc2)c1. The Morgan fingerprint density at radius 1 is 1.04 bits per heavy atom. The first-order chi connectivity index (χ1) is 11.4. The minimum Gasteiger partial charge on any atom is -0.449 e. The molecule has 0 spiro atoms. The van der Waals surface area contributed by atoms with E-state index >= 15 is 0 Å². The third-order valence-electron chi connectivity index (χ3n) is 3.34. The van der Waals surface area contributed by atoms with Crippen LogP contribution in [-0.2, 0) is 9.53 Å². The molecule has 0 radical (unpaired) electrons. The second-order valence-electron chi connectivity index (χ2n) is 5.30. The number of hydrogen-bond donors (Lipinski definition) is 2. The minimum atomic E-state index is -0.990. The van der Waals surface area contributed by atoms with Crippen LogP contribution < -0.4 is 11.1 Å². The zero-order chi connectivity index (χ0) is 17.7. The van der Waals surface area contributed by atoms with Gasteiger partial charge in [-0.3, -0.25) is 9.59 Å². The minimum absolute atomic E-state index is 0.103. The molecule has 0 aromatic heterocycles. The molecule has 2 aromatic rings. The molecule has 6 heteroatoms. The van der Waals surface area contributed by atoms with Gasteiger partial charge in [0, 0.05) is 16.9 Å². The topological polar surface area (TPSA) is 98.5 Å². The number of hydrogen-bond acceptors (Lipinski definition) is 5. The Hall–Kier alpha value is -3.15. The van der Waals surface area contributed by atoms with Gasteiger partial charge in [-0.25, -0.2) is 4.79 Å². The molecule has 0 heterocycles. The molecule has 0 saturated carbocycles. The van der Waals surface area contributed by atoms with Gasteiger partial charge in [0.15, 0.2) is 11.9 Å². The molecule has 124 valence electrons. The van der Waals surface area contributed by atoms with Crippen LogP contribution in [0.3, 0.4) is 0 Å². The lowest BCUT2D eigenvalue weighted by molar-refractivity contribution is -0.123. The highest BCUT2D eigenvalue weighted by Crippen LogP contribution is 2.13. The Balaban J connectivity index is 1.99. The zero-order valence-electron chi connectivity index (χ0n) is 13.4. The van der Waals surface area contributed by atoms with E-state index in [1.54, 1.807) is 36.4 Å². The van der Waals surface area contributed by atoms with Crippen molar-refractivity contribution >= 4 is 29.0 Å². The molecule has 3 N–H and O–H groups in total. The lowest BCUT2D eigenvalue weighted by Gasteiger charge is -2.14. The lowest BCUT2D eigenvalue weighted by Crippen LogP contribution is -2.30. The van der Waals surface area contributed by atoms with Gasteiger partial charge in [0.2, 0.25) is 0 Å². The largest absolute Gasteiger partial charge is 0.449 e. The van der Waals surface area contributed by atoms with Gasteiger partial charge >= 0.3 is 5.97 Å². The predicted octanol–water partition coefficient (Wildman–Crippen LogP) is 2.66. The summed E-state index contributed by atoms with van der Waals surface area (Å²) in [5.74, 6) is -1.21. The maximum atomic E-state index is 12.1. The van der Waals surface area contributed by atoms with Gasteiger partial charge in [-0.2, -0.15) is 0 Å². The van der Waals surface area contributed by atoms with Gasteiger partial charge in [-0.15, -0.1) is 0 Å². The van der Waals surface area contributed by atoms with Gasteiger partial charge in [0.1, 0.15) is 0 Å². The summed E-state index contributed by atoms with van der Waals surface area (Å²) < 4.78 is 5.13. The number of esters is 1. The van der Waals surface area contributed by atoms with E-state index in [0.717, 1.165) is 0 Å². The van der Waals surface area contributed by atoms with Crippen molar-refractivity contribution in [1.29, 1.82) is 0 Å². The number of benzene rings is 2. The van der Waals surface area contributed by atoms with Crippen molar-refractivity contribution in [1.82, 2.24) is 0 Å². The summed E-state index contributed by atoms with van der Waals surface area (Å²) in [5, 5.41) is 2.61. The van der Waals surface area contributed by atoms with Crippen molar-refractivity contribution in [3.8, 4) is 0 Å². The Morgan fingerprint density at radius 2 is 1.71 bits per heavy atom. The van der Waals surface area contributed by atoms with Crippen molar-refractivity contribution in [3.63, 3.8) is 0 Å². The maximum absolute atomic E-state index is 12.1. The average Bonchev–Trinajstić information content (AvgIpc) is 2.55. The van der Waals surface area contributed by atoms with Gasteiger partial charge in [0.05, 0.1) is 5.56 Å². The van der Waals surface area contributed by atoms with Crippen LogP contribution in [0.5, 0.6) is 0 Å². The summed E-state index contributed by atoms with van der Waals surface area (Å²) in [7, 11) is 0. The van der Waals surface area contributed by atoms with Crippen LogP contribution in [0.15, 0.2) is 48.5 Å². The summed E-state index contributed by atoms with van der Waals surface area (Å²) in [6.07, 6.45) is -0.990. The molecule has 0 unspecified atom stereocenters. The van der Waals surface area contributed by atoms with Crippen molar-refractivity contribution in [3.05, 3.63) is 59.7 Å². The highest BCUT2D eigenvalue weighted by molar-refractivity contribution is 5.99. The highest BCUT2D eigenvalue weighted by Gasteiger charge is 2.19. The van der Waals surface area contributed by atoms with E-state index in [1.807, 2.05) is 0 Å². The first-order valence-electron chi connectivity index (χ1n) is 7.35. The number of rotatable bonds is 5. The van der Waals surface area contributed by atoms with E-state index < -0.39 is 18.0 Å². The molecule has 24 heavy (non-hydrogen) atoms. The molecule has 1 atom stereocenters.